The van der Waals surface area contributed by atoms with Gasteiger partial charge < -0.3 is 15.8 Å². The summed E-state index contributed by atoms with van der Waals surface area (Å²) in [7, 11) is 1.61. The van der Waals surface area contributed by atoms with E-state index in [2.05, 4.69) is 11.9 Å². The van der Waals surface area contributed by atoms with Crippen molar-refractivity contribution in [2.45, 2.75) is 20.3 Å². The first-order valence-electron chi connectivity index (χ1n) is 7.67. The van der Waals surface area contributed by atoms with Crippen LogP contribution in [0.15, 0.2) is 54.9 Å². The van der Waals surface area contributed by atoms with Gasteiger partial charge in [-0.2, -0.15) is 0 Å². The molecule has 2 aromatic carbocycles. The first-order valence-corrected chi connectivity index (χ1v) is 8.05. The van der Waals surface area contributed by atoms with E-state index >= 15 is 0 Å². The molecular formula is C19H23ClN2O2. The minimum Gasteiger partial charge on any atom is -0.497 e. The number of amides is 1. The Kier molecular flexibility index (Phi) is 7.86. The molecule has 4 nitrogen and oxygen atoms in total. The molecule has 0 aliphatic rings. The molecule has 0 saturated heterocycles. The van der Waals surface area contributed by atoms with Gasteiger partial charge in [0.15, 0.2) is 0 Å². The Morgan fingerprint density at radius 2 is 1.92 bits per heavy atom. The number of halogens is 1. The Hall–Kier alpha value is -2.46. The van der Waals surface area contributed by atoms with Crippen molar-refractivity contribution in [2.24, 2.45) is 5.73 Å². The molecule has 3 N–H and O–H groups in total. The molecule has 128 valence electrons. The number of methoxy groups -OCH3 is 1. The highest BCUT2D eigenvalue weighted by atomic mass is 35.5. The number of carbonyl (C=O) groups excluding carboxylic acids is 1. The van der Waals surface area contributed by atoms with Gasteiger partial charge in [0.2, 0.25) is 5.91 Å². The van der Waals surface area contributed by atoms with E-state index in [1.165, 1.54) is 0 Å². The lowest BCUT2D eigenvalue weighted by molar-refractivity contribution is -0.119. The second-order valence-corrected chi connectivity index (χ2v) is 5.16. The summed E-state index contributed by atoms with van der Waals surface area (Å²) >= 11 is 6.27. The molecule has 5 heteroatoms. The summed E-state index contributed by atoms with van der Waals surface area (Å²) in [5.41, 5.74) is 7.93. The largest absolute Gasteiger partial charge is 0.497 e. The fourth-order valence-electron chi connectivity index (χ4n) is 2.18. The van der Waals surface area contributed by atoms with Crippen LogP contribution in [0.5, 0.6) is 5.75 Å². The van der Waals surface area contributed by atoms with E-state index in [0.29, 0.717) is 5.02 Å². The van der Waals surface area contributed by atoms with E-state index in [9.17, 15) is 4.79 Å². The minimum atomic E-state index is -0.259. The van der Waals surface area contributed by atoms with Crippen LogP contribution < -0.4 is 15.8 Å². The van der Waals surface area contributed by atoms with Crippen LogP contribution in [0.2, 0.25) is 5.02 Å². The second kappa shape index (κ2) is 9.63. The summed E-state index contributed by atoms with van der Waals surface area (Å²) < 4.78 is 5.24. The topological polar surface area (TPSA) is 64.3 Å². The molecule has 1 amide bonds. The third kappa shape index (κ3) is 5.32. The standard InChI is InChI=1S/C17H17ClN2O2.C2H6/c1-11(19)20-17(21)10-15-14(7-4-8-16(15)18)12-5-3-6-13(9-12)22-2;1-2/h3-9H,1,10,19H2,2H3,(H,20,21);1-2H3. The lowest BCUT2D eigenvalue weighted by atomic mass is 9.97. The zero-order chi connectivity index (χ0) is 18.1. The molecule has 0 radical (unpaired) electrons. The number of nitrogens with two attached hydrogens (primary N) is 1. The highest BCUT2D eigenvalue weighted by molar-refractivity contribution is 6.32. The molecule has 2 rings (SSSR count). The van der Waals surface area contributed by atoms with Gasteiger partial charge in [0, 0.05) is 5.02 Å². The highest BCUT2D eigenvalue weighted by Crippen LogP contribution is 2.31. The number of nitrogens with one attached hydrogen (secondary N) is 1. The summed E-state index contributed by atoms with van der Waals surface area (Å²) in [6.45, 7) is 7.46. The van der Waals surface area contributed by atoms with Gasteiger partial charge in [0.25, 0.3) is 0 Å². The number of benzene rings is 2. The van der Waals surface area contributed by atoms with Gasteiger partial charge in [-0.15, -0.1) is 0 Å². The van der Waals surface area contributed by atoms with Crippen molar-refractivity contribution in [3.05, 3.63) is 65.5 Å². The third-order valence-electron chi connectivity index (χ3n) is 3.14. The van der Waals surface area contributed by atoms with E-state index < -0.39 is 0 Å². The first kappa shape index (κ1) is 19.6. The van der Waals surface area contributed by atoms with Gasteiger partial charge >= 0.3 is 0 Å². The maximum atomic E-state index is 11.9. The van der Waals surface area contributed by atoms with Crippen LogP contribution in [-0.4, -0.2) is 13.0 Å². The van der Waals surface area contributed by atoms with Crippen molar-refractivity contribution < 1.29 is 9.53 Å². The van der Waals surface area contributed by atoms with Crippen molar-refractivity contribution in [2.75, 3.05) is 7.11 Å². The van der Waals surface area contributed by atoms with E-state index in [0.717, 1.165) is 22.4 Å². The Balaban J connectivity index is 0.00000139. The predicted octanol–water partition coefficient (Wildman–Crippen LogP) is 4.13. The van der Waals surface area contributed by atoms with Crippen LogP contribution in [0.1, 0.15) is 19.4 Å². The van der Waals surface area contributed by atoms with Crippen LogP contribution in [0.3, 0.4) is 0 Å². The summed E-state index contributed by atoms with van der Waals surface area (Å²) in [5, 5.41) is 3.01. The normalized spacial score (nSPS) is 9.50. The molecule has 0 bridgehead atoms. The number of ether oxygens (including phenoxy) is 1. The summed E-state index contributed by atoms with van der Waals surface area (Å²) in [5.74, 6) is 0.591. The second-order valence-electron chi connectivity index (χ2n) is 4.75. The van der Waals surface area contributed by atoms with Gasteiger partial charge in [-0.1, -0.05) is 56.3 Å². The molecule has 2 aromatic rings. The van der Waals surface area contributed by atoms with Crippen LogP contribution in [0, 0.1) is 0 Å². The minimum absolute atomic E-state index is 0.111. The molecule has 0 unspecified atom stereocenters. The van der Waals surface area contributed by atoms with Gasteiger partial charge in [-0.3, -0.25) is 4.79 Å². The lowest BCUT2D eigenvalue weighted by Crippen LogP contribution is -2.28. The number of carbonyl (C=O) groups is 1. The third-order valence-corrected chi connectivity index (χ3v) is 3.49. The molecule has 0 atom stereocenters. The summed E-state index contributed by atoms with van der Waals surface area (Å²) in [4.78, 5) is 11.9. The zero-order valence-electron chi connectivity index (χ0n) is 14.2. The first-order chi connectivity index (χ1) is 11.5. The molecular weight excluding hydrogens is 324 g/mol. The van der Waals surface area contributed by atoms with E-state index in [1.54, 1.807) is 13.2 Å². The molecule has 0 saturated carbocycles. The van der Waals surface area contributed by atoms with Gasteiger partial charge in [-0.05, 0) is 34.9 Å². The van der Waals surface area contributed by atoms with E-state index in [-0.39, 0.29) is 18.1 Å². The van der Waals surface area contributed by atoms with Gasteiger partial charge in [0.05, 0.1) is 19.4 Å². The molecule has 0 heterocycles. The zero-order valence-corrected chi connectivity index (χ0v) is 15.0. The Morgan fingerprint density at radius 3 is 2.54 bits per heavy atom. The fraction of sp³-hybridized carbons (Fsp3) is 0.211. The van der Waals surface area contributed by atoms with Gasteiger partial charge in [0.1, 0.15) is 5.75 Å². The number of hydrogen-bond acceptors (Lipinski definition) is 3. The molecule has 0 aliphatic heterocycles. The van der Waals surface area contributed by atoms with Crippen LogP contribution in [-0.2, 0) is 11.2 Å². The Morgan fingerprint density at radius 1 is 1.25 bits per heavy atom. The Labute approximate surface area is 148 Å². The molecule has 0 aliphatic carbocycles. The summed E-state index contributed by atoms with van der Waals surface area (Å²) in [6.07, 6.45) is 0.114. The highest BCUT2D eigenvalue weighted by Gasteiger charge is 2.13. The monoisotopic (exact) mass is 346 g/mol. The smallest absolute Gasteiger partial charge is 0.229 e. The predicted molar refractivity (Wildman–Crippen MR) is 100.0 cm³/mol. The maximum Gasteiger partial charge on any atom is 0.229 e. The average Bonchev–Trinajstić information content (AvgIpc) is 2.58. The average molecular weight is 347 g/mol. The lowest BCUT2D eigenvalue weighted by Gasteiger charge is -2.13. The summed E-state index contributed by atoms with van der Waals surface area (Å²) in [6, 6.07) is 13.1. The van der Waals surface area contributed by atoms with Crippen LogP contribution >= 0.6 is 11.6 Å². The van der Waals surface area contributed by atoms with Crippen molar-refractivity contribution in [1.29, 1.82) is 0 Å². The van der Waals surface area contributed by atoms with Crippen molar-refractivity contribution in [1.82, 2.24) is 5.32 Å². The van der Waals surface area contributed by atoms with E-state index in [1.807, 2.05) is 50.2 Å². The van der Waals surface area contributed by atoms with Crippen LogP contribution in [0.25, 0.3) is 11.1 Å². The SMILES string of the molecule is C=C(N)NC(=O)Cc1c(Cl)cccc1-c1cccc(OC)c1.CC. The van der Waals surface area contributed by atoms with E-state index in [4.69, 9.17) is 22.1 Å². The van der Waals surface area contributed by atoms with Crippen molar-refractivity contribution >= 4 is 17.5 Å². The van der Waals surface area contributed by atoms with Gasteiger partial charge in [-0.25, -0.2) is 0 Å². The maximum absolute atomic E-state index is 11.9. The van der Waals surface area contributed by atoms with Crippen LogP contribution in [0.4, 0.5) is 0 Å². The molecule has 24 heavy (non-hydrogen) atoms. The number of hydrogen-bond donors (Lipinski definition) is 2. The van der Waals surface area contributed by atoms with Crippen molar-refractivity contribution in [3.63, 3.8) is 0 Å². The quantitative estimate of drug-likeness (QED) is 0.855. The number of rotatable bonds is 5. The molecule has 0 spiro atoms. The fourth-order valence-corrected chi connectivity index (χ4v) is 2.42. The molecule has 0 aromatic heterocycles. The van der Waals surface area contributed by atoms with Crippen molar-refractivity contribution in [3.8, 4) is 16.9 Å². The molecule has 0 fully saturated rings. The Bertz CT molecular complexity index is 714.